The van der Waals surface area contributed by atoms with Crippen LogP contribution in [0, 0.1) is 0 Å². The molecule has 1 aromatic heterocycles. The van der Waals surface area contributed by atoms with Crippen LogP contribution in [0.15, 0.2) is 18.3 Å². The third-order valence-corrected chi connectivity index (χ3v) is 4.03. The molecule has 20 heavy (non-hydrogen) atoms. The number of aromatic nitrogens is 1. The summed E-state index contributed by atoms with van der Waals surface area (Å²) < 4.78 is 12.0. The Balaban J connectivity index is 2.28. The van der Waals surface area contributed by atoms with Crippen LogP contribution in [-0.4, -0.2) is 36.3 Å². The molecule has 2 heterocycles. The van der Waals surface area contributed by atoms with E-state index in [0.29, 0.717) is 5.59 Å². The van der Waals surface area contributed by atoms with Crippen LogP contribution in [0.2, 0.25) is 0 Å². The predicted octanol–water partition coefficient (Wildman–Crippen LogP) is 0.669. The molecule has 0 unspecified atom stereocenters. The second kappa shape index (κ2) is 5.18. The van der Waals surface area contributed by atoms with Gasteiger partial charge in [0.25, 0.3) is 0 Å². The summed E-state index contributed by atoms with van der Waals surface area (Å²) in [6.45, 7) is 7.98. The lowest BCUT2D eigenvalue weighted by Crippen LogP contribution is -2.41. The van der Waals surface area contributed by atoms with Crippen molar-refractivity contribution in [3.05, 3.63) is 23.9 Å². The standard InChI is InChI=1S/C14H21BN2O3/c1-13(2)14(3,4)20-15(19-13)12-10(7-6-8-17-12)9-11(18)16-5/h6-8H,9H2,1-5H3,(H,16,18). The number of nitrogens with one attached hydrogen (secondary N) is 1. The quantitative estimate of drug-likeness (QED) is 0.824. The van der Waals surface area contributed by atoms with Crippen molar-refractivity contribution in [2.45, 2.75) is 45.3 Å². The summed E-state index contributed by atoms with van der Waals surface area (Å²) in [5.41, 5.74) is 0.666. The zero-order valence-corrected chi connectivity index (χ0v) is 12.7. The van der Waals surface area contributed by atoms with Crippen LogP contribution in [0.3, 0.4) is 0 Å². The number of rotatable bonds is 3. The summed E-state index contributed by atoms with van der Waals surface area (Å²) >= 11 is 0. The van der Waals surface area contributed by atoms with E-state index in [1.807, 2.05) is 39.8 Å². The van der Waals surface area contributed by atoms with Gasteiger partial charge in [0.2, 0.25) is 5.91 Å². The number of nitrogens with zero attached hydrogens (tertiary/aromatic N) is 1. The normalized spacial score (nSPS) is 19.9. The molecule has 0 atom stereocenters. The van der Waals surface area contributed by atoms with E-state index < -0.39 is 18.3 Å². The highest BCUT2D eigenvalue weighted by Gasteiger charge is 2.52. The Hall–Kier alpha value is -1.40. The molecule has 6 heteroatoms. The van der Waals surface area contributed by atoms with E-state index in [-0.39, 0.29) is 12.3 Å². The van der Waals surface area contributed by atoms with Gasteiger partial charge in [0.05, 0.1) is 23.2 Å². The zero-order valence-electron chi connectivity index (χ0n) is 12.7. The highest BCUT2D eigenvalue weighted by molar-refractivity contribution is 6.61. The average molecular weight is 276 g/mol. The van der Waals surface area contributed by atoms with Crippen LogP contribution in [0.25, 0.3) is 0 Å². The van der Waals surface area contributed by atoms with Crippen LogP contribution in [-0.2, 0) is 20.5 Å². The molecule has 5 nitrogen and oxygen atoms in total. The average Bonchev–Trinajstić information content (AvgIpc) is 2.59. The van der Waals surface area contributed by atoms with Crippen molar-refractivity contribution < 1.29 is 14.1 Å². The molecular weight excluding hydrogens is 255 g/mol. The summed E-state index contributed by atoms with van der Waals surface area (Å²) in [6, 6.07) is 3.69. The van der Waals surface area contributed by atoms with Crippen LogP contribution in [0.5, 0.6) is 0 Å². The fourth-order valence-electron chi connectivity index (χ4n) is 2.03. The molecule has 1 aliphatic rings. The number of amides is 1. The number of carbonyl (C=O) groups is 1. The topological polar surface area (TPSA) is 60.5 Å². The lowest BCUT2D eigenvalue weighted by Gasteiger charge is -2.32. The van der Waals surface area contributed by atoms with Crippen LogP contribution in [0.4, 0.5) is 0 Å². The van der Waals surface area contributed by atoms with Crippen molar-refractivity contribution in [1.82, 2.24) is 10.3 Å². The molecule has 0 radical (unpaired) electrons. The minimum atomic E-state index is -0.541. The Kier molecular flexibility index (Phi) is 3.89. The lowest BCUT2D eigenvalue weighted by atomic mass is 9.80. The van der Waals surface area contributed by atoms with Gasteiger partial charge in [0.15, 0.2) is 0 Å². The summed E-state index contributed by atoms with van der Waals surface area (Å²) in [5, 5.41) is 2.62. The minimum Gasteiger partial charge on any atom is -0.398 e. The van der Waals surface area contributed by atoms with E-state index in [1.165, 1.54) is 0 Å². The Morgan fingerprint density at radius 1 is 1.30 bits per heavy atom. The van der Waals surface area contributed by atoms with Crippen molar-refractivity contribution in [3.63, 3.8) is 0 Å². The largest absolute Gasteiger partial charge is 0.514 e. The first-order valence-electron chi connectivity index (χ1n) is 6.77. The van der Waals surface area contributed by atoms with E-state index in [2.05, 4.69) is 10.3 Å². The van der Waals surface area contributed by atoms with Gasteiger partial charge in [-0.05, 0) is 39.3 Å². The first-order chi connectivity index (χ1) is 9.27. The van der Waals surface area contributed by atoms with Gasteiger partial charge in [-0.1, -0.05) is 6.07 Å². The highest BCUT2D eigenvalue weighted by atomic mass is 16.7. The summed E-state index contributed by atoms with van der Waals surface area (Å²) in [6.07, 6.45) is 1.96. The molecular formula is C14H21BN2O3. The number of hydrogen-bond acceptors (Lipinski definition) is 4. The van der Waals surface area contributed by atoms with Crippen molar-refractivity contribution in [1.29, 1.82) is 0 Å². The molecule has 1 saturated heterocycles. The maximum absolute atomic E-state index is 11.6. The fraction of sp³-hybridized carbons (Fsp3) is 0.571. The molecule has 1 amide bonds. The summed E-state index contributed by atoms with van der Waals surface area (Å²) in [4.78, 5) is 15.9. The maximum atomic E-state index is 11.6. The predicted molar refractivity (Wildman–Crippen MR) is 77.7 cm³/mol. The maximum Gasteiger partial charge on any atom is 0.514 e. The second-order valence-electron chi connectivity index (χ2n) is 5.99. The van der Waals surface area contributed by atoms with E-state index >= 15 is 0 Å². The van der Waals surface area contributed by atoms with Crippen molar-refractivity contribution in [2.24, 2.45) is 0 Å². The van der Waals surface area contributed by atoms with E-state index in [1.54, 1.807) is 13.2 Å². The molecule has 2 rings (SSSR count). The minimum absolute atomic E-state index is 0.0595. The van der Waals surface area contributed by atoms with Gasteiger partial charge in [-0.25, -0.2) is 0 Å². The number of carbonyl (C=O) groups excluding carboxylic acids is 1. The Morgan fingerprint density at radius 3 is 2.45 bits per heavy atom. The molecule has 1 fully saturated rings. The lowest BCUT2D eigenvalue weighted by molar-refractivity contribution is -0.119. The van der Waals surface area contributed by atoms with Crippen molar-refractivity contribution in [2.75, 3.05) is 7.05 Å². The number of pyridine rings is 1. The van der Waals surface area contributed by atoms with Gasteiger partial charge in [-0.2, -0.15) is 0 Å². The van der Waals surface area contributed by atoms with Gasteiger partial charge in [0, 0.05) is 13.2 Å². The second-order valence-corrected chi connectivity index (χ2v) is 5.99. The van der Waals surface area contributed by atoms with Crippen LogP contribution < -0.4 is 10.9 Å². The van der Waals surface area contributed by atoms with E-state index in [9.17, 15) is 4.79 Å². The molecule has 1 N–H and O–H groups in total. The Bertz CT molecular complexity index is 501. The zero-order chi connectivity index (χ0) is 15.0. The van der Waals surface area contributed by atoms with E-state index in [0.717, 1.165) is 5.56 Å². The van der Waals surface area contributed by atoms with Gasteiger partial charge < -0.3 is 14.6 Å². The Labute approximate surface area is 120 Å². The molecule has 0 aliphatic carbocycles. The summed E-state index contributed by atoms with van der Waals surface area (Å²) in [5.74, 6) is -0.0595. The summed E-state index contributed by atoms with van der Waals surface area (Å²) in [7, 11) is 1.08. The number of likely N-dealkylation sites (N-methyl/N-ethyl adjacent to an activating group) is 1. The first kappa shape index (κ1) is 15.0. The molecule has 108 valence electrons. The van der Waals surface area contributed by atoms with Crippen LogP contribution in [0.1, 0.15) is 33.3 Å². The molecule has 0 spiro atoms. The van der Waals surface area contributed by atoms with Crippen LogP contribution >= 0.6 is 0 Å². The third kappa shape index (κ3) is 2.71. The van der Waals surface area contributed by atoms with Gasteiger partial charge in [-0.3, -0.25) is 9.78 Å². The monoisotopic (exact) mass is 276 g/mol. The van der Waals surface area contributed by atoms with E-state index in [4.69, 9.17) is 9.31 Å². The third-order valence-electron chi connectivity index (χ3n) is 4.03. The SMILES string of the molecule is CNC(=O)Cc1cccnc1B1OC(C)(C)C(C)(C)O1. The molecule has 0 saturated carbocycles. The smallest absolute Gasteiger partial charge is 0.398 e. The molecule has 0 bridgehead atoms. The van der Waals surface area contributed by atoms with Crippen molar-refractivity contribution >= 4 is 18.6 Å². The first-order valence-corrected chi connectivity index (χ1v) is 6.77. The highest BCUT2D eigenvalue weighted by Crippen LogP contribution is 2.36. The molecule has 1 aromatic rings. The Morgan fingerprint density at radius 2 is 1.90 bits per heavy atom. The van der Waals surface area contributed by atoms with Gasteiger partial charge in [-0.15, -0.1) is 0 Å². The fourth-order valence-corrected chi connectivity index (χ4v) is 2.03. The van der Waals surface area contributed by atoms with Crippen molar-refractivity contribution in [3.8, 4) is 0 Å². The van der Waals surface area contributed by atoms with Gasteiger partial charge >= 0.3 is 7.12 Å². The number of hydrogen-bond donors (Lipinski definition) is 1. The van der Waals surface area contributed by atoms with Gasteiger partial charge in [0.1, 0.15) is 0 Å². The molecule has 0 aromatic carbocycles. The molecule has 1 aliphatic heterocycles.